The minimum atomic E-state index is -0.376. The molecule has 1 unspecified atom stereocenters. The van der Waals surface area contributed by atoms with E-state index in [1.165, 1.54) is 6.07 Å². The van der Waals surface area contributed by atoms with Gasteiger partial charge in [-0.15, -0.1) is 11.6 Å². The van der Waals surface area contributed by atoms with E-state index in [1.54, 1.807) is 6.07 Å². The summed E-state index contributed by atoms with van der Waals surface area (Å²) in [4.78, 5) is 0. The van der Waals surface area contributed by atoms with Gasteiger partial charge in [0.1, 0.15) is 5.82 Å². The van der Waals surface area contributed by atoms with Gasteiger partial charge in [0, 0.05) is 0 Å². The van der Waals surface area contributed by atoms with Crippen LogP contribution in [0.2, 0.25) is 0 Å². The van der Waals surface area contributed by atoms with E-state index < -0.39 is 0 Å². The van der Waals surface area contributed by atoms with Gasteiger partial charge >= 0.3 is 0 Å². The van der Waals surface area contributed by atoms with Crippen molar-refractivity contribution in [2.75, 3.05) is 0 Å². The van der Waals surface area contributed by atoms with Crippen LogP contribution in [-0.4, -0.2) is 0 Å². The van der Waals surface area contributed by atoms with Crippen molar-refractivity contribution in [2.24, 2.45) is 0 Å². The summed E-state index contributed by atoms with van der Waals surface area (Å²) in [5.74, 6) is -0.295. The Morgan fingerprint density at radius 2 is 1.81 bits per heavy atom. The quantitative estimate of drug-likeness (QED) is 0.463. The molecule has 0 aliphatic rings. The summed E-state index contributed by atoms with van der Waals surface area (Å²) in [6, 6.07) is 17.3. The van der Waals surface area contributed by atoms with Crippen molar-refractivity contribution >= 4 is 38.3 Å². The number of hydrogen-bond donors (Lipinski definition) is 0. The molecule has 1 atom stereocenters. The van der Waals surface area contributed by atoms with Gasteiger partial charge in [-0.25, -0.2) is 4.39 Å². The summed E-state index contributed by atoms with van der Waals surface area (Å²) in [5.41, 5.74) is 2.91. The first-order valence-electron chi connectivity index (χ1n) is 6.65. The minimum Gasteiger partial charge on any atom is -0.206 e. The van der Waals surface area contributed by atoms with E-state index in [4.69, 9.17) is 11.6 Å². The molecule has 0 aliphatic heterocycles. The fraction of sp³-hybridized carbons (Fsp3) is 0.111. The van der Waals surface area contributed by atoms with Crippen LogP contribution in [0.3, 0.4) is 0 Å². The van der Waals surface area contributed by atoms with Crippen molar-refractivity contribution in [3.8, 4) is 0 Å². The third-order valence-electron chi connectivity index (χ3n) is 3.68. The van der Waals surface area contributed by atoms with Crippen LogP contribution in [0.1, 0.15) is 22.1 Å². The van der Waals surface area contributed by atoms with Crippen LogP contribution in [0, 0.1) is 12.7 Å². The van der Waals surface area contributed by atoms with Crippen LogP contribution in [0.5, 0.6) is 0 Å². The molecule has 0 spiro atoms. The van der Waals surface area contributed by atoms with E-state index in [2.05, 4.69) is 40.2 Å². The lowest BCUT2D eigenvalue weighted by Gasteiger charge is -2.16. The molecule has 0 bridgehead atoms. The Kier molecular flexibility index (Phi) is 4.01. The zero-order valence-corrected chi connectivity index (χ0v) is 13.7. The molecule has 3 heteroatoms. The maximum absolute atomic E-state index is 13.8. The van der Waals surface area contributed by atoms with Crippen LogP contribution in [0.4, 0.5) is 4.39 Å². The predicted molar refractivity (Wildman–Crippen MR) is 90.5 cm³/mol. The monoisotopic (exact) mass is 362 g/mol. The van der Waals surface area contributed by atoms with Gasteiger partial charge < -0.3 is 0 Å². The van der Waals surface area contributed by atoms with Crippen LogP contribution in [-0.2, 0) is 0 Å². The second kappa shape index (κ2) is 5.78. The fourth-order valence-corrected chi connectivity index (χ4v) is 3.25. The summed E-state index contributed by atoms with van der Waals surface area (Å²) < 4.78 is 14.2. The highest BCUT2D eigenvalue weighted by Crippen LogP contribution is 2.37. The molecule has 0 heterocycles. The summed E-state index contributed by atoms with van der Waals surface area (Å²) in [5, 5.41) is 1.88. The second-order valence-electron chi connectivity index (χ2n) is 5.05. The Balaban J connectivity index is 2.19. The number of benzene rings is 3. The van der Waals surface area contributed by atoms with Gasteiger partial charge in [0.05, 0.1) is 9.85 Å². The van der Waals surface area contributed by atoms with Crippen molar-refractivity contribution in [1.82, 2.24) is 0 Å². The lowest BCUT2D eigenvalue weighted by Crippen LogP contribution is -1.99. The summed E-state index contributed by atoms with van der Waals surface area (Å²) in [6.45, 7) is 2.03. The molecule has 0 nitrogen and oxygen atoms in total. The molecule has 0 fully saturated rings. The highest BCUT2D eigenvalue weighted by Gasteiger charge is 2.17. The number of alkyl halides is 1. The van der Waals surface area contributed by atoms with Gasteiger partial charge in [0.25, 0.3) is 0 Å². The predicted octanol–water partition coefficient (Wildman–Crippen LogP) is 6.38. The van der Waals surface area contributed by atoms with Crippen molar-refractivity contribution in [3.63, 3.8) is 0 Å². The average Bonchev–Trinajstić information content (AvgIpc) is 2.49. The van der Waals surface area contributed by atoms with Gasteiger partial charge in [-0.3, -0.25) is 0 Å². The van der Waals surface area contributed by atoms with Crippen LogP contribution < -0.4 is 0 Å². The molecule has 21 heavy (non-hydrogen) atoms. The van der Waals surface area contributed by atoms with E-state index in [0.29, 0.717) is 4.47 Å². The highest BCUT2D eigenvalue weighted by atomic mass is 79.9. The van der Waals surface area contributed by atoms with Gasteiger partial charge in [0.15, 0.2) is 0 Å². The summed E-state index contributed by atoms with van der Waals surface area (Å²) >= 11 is 9.83. The zero-order valence-electron chi connectivity index (χ0n) is 11.4. The second-order valence-corrected chi connectivity index (χ2v) is 6.34. The van der Waals surface area contributed by atoms with Gasteiger partial charge in [0.2, 0.25) is 0 Å². The maximum Gasteiger partial charge on any atom is 0.137 e. The normalized spacial score (nSPS) is 12.6. The van der Waals surface area contributed by atoms with Gasteiger partial charge in [-0.05, 0) is 62.4 Å². The molecule has 0 amide bonds. The summed E-state index contributed by atoms with van der Waals surface area (Å²) in [7, 11) is 0. The lowest BCUT2D eigenvalue weighted by atomic mass is 9.94. The van der Waals surface area contributed by atoms with Crippen LogP contribution in [0.25, 0.3) is 10.8 Å². The Hall–Kier alpha value is -1.38. The molecule has 0 saturated carbocycles. The van der Waals surface area contributed by atoms with Gasteiger partial charge in [-0.1, -0.05) is 42.5 Å². The minimum absolute atomic E-state index is 0.295. The zero-order chi connectivity index (χ0) is 15.0. The van der Waals surface area contributed by atoms with E-state index in [1.807, 2.05) is 25.1 Å². The Bertz CT molecular complexity index is 813. The smallest absolute Gasteiger partial charge is 0.137 e. The molecule has 3 aromatic carbocycles. The molecule has 0 saturated heterocycles. The molecular weight excluding hydrogens is 351 g/mol. The maximum atomic E-state index is 13.8. The highest BCUT2D eigenvalue weighted by molar-refractivity contribution is 9.10. The standard InChI is InChI=1S/C18H13BrClF/c1-11-6-7-12-4-2-3-5-14(12)17(11)18(20)13-8-9-15(19)16(21)10-13/h2-10,18H,1H3. The van der Waals surface area contributed by atoms with Crippen molar-refractivity contribution in [1.29, 1.82) is 0 Å². The molecule has 0 aromatic heterocycles. The Morgan fingerprint density at radius 3 is 2.57 bits per heavy atom. The number of fused-ring (bicyclic) bond motifs is 1. The van der Waals surface area contributed by atoms with E-state index >= 15 is 0 Å². The van der Waals surface area contributed by atoms with Crippen molar-refractivity contribution < 1.29 is 4.39 Å². The first-order valence-corrected chi connectivity index (χ1v) is 7.88. The van der Waals surface area contributed by atoms with E-state index in [9.17, 15) is 4.39 Å². The van der Waals surface area contributed by atoms with Crippen molar-refractivity contribution in [2.45, 2.75) is 12.3 Å². The molecule has 0 N–H and O–H groups in total. The van der Waals surface area contributed by atoms with E-state index in [0.717, 1.165) is 27.5 Å². The molecule has 0 aliphatic carbocycles. The number of halogens is 3. The SMILES string of the molecule is Cc1ccc2ccccc2c1C(Cl)c1ccc(Br)c(F)c1. The third-order valence-corrected chi connectivity index (χ3v) is 4.79. The molecule has 0 radical (unpaired) electrons. The van der Waals surface area contributed by atoms with Crippen LogP contribution >= 0.6 is 27.5 Å². The van der Waals surface area contributed by atoms with Crippen LogP contribution in [0.15, 0.2) is 59.1 Å². The molecular formula is C18H13BrClF. The Morgan fingerprint density at radius 1 is 1.05 bits per heavy atom. The molecule has 3 rings (SSSR count). The number of rotatable bonds is 2. The topological polar surface area (TPSA) is 0 Å². The number of hydrogen-bond acceptors (Lipinski definition) is 0. The summed E-state index contributed by atoms with van der Waals surface area (Å²) in [6.07, 6.45) is 0. The first-order chi connectivity index (χ1) is 10.1. The lowest BCUT2D eigenvalue weighted by molar-refractivity contribution is 0.619. The average molecular weight is 364 g/mol. The largest absolute Gasteiger partial charge is 0.206 e. The fourth-order valence-electron chi connectivity index (χ4n) is 2.58. The van der Waals surface area contributed by atoms with Gasteiger partial charge in [-0.2, -0.15) is 0 Å². The molecule has 3 aromatic rings. The van der Waals surface area contributed by atoms with E-state index in [-0.39, 0.29) is 11.2 Å². The Labute approximate surface area is 136 Å². The number of aryl methyl sites for hydroxylation is 1. The first kappa shape index (κ1) is 14.6. The molecule has 106 valence electrons. The van der Waals surface area contributed by atoms with Crippen molar-refractivity contribution in [3.05, 3.63) is 81.6 Å². The third kappa shape index (κ3) is 2.70.